The molecule has 1 aromatic carbocycles. The van der Waals surface area contributed by atoms with E-state index in [1.165, 1.54) is 0 Å². The quantitative estimate of drug-likeness (QED) is 0.797. The molecule has 3 rings (SSSR count). The molecule has 2 saturated heterocycles. The van der Waals surface area contributed by atoms with Crippen molar-refractivity contribution in [2.45, 2.75) is 56.4 Å². The van der Waals surface area contributed by atoms with Gasteiger partial charge in [-0.15, -0.1) is 12.4 Å². The average Bonchev–Trinajstić information content (AvgIpc) is 2.97. The van der Waals surface area contributed by atoms with Crippen molar-refractivity contribution in [2.24, 2.45) is 11.7 Å². The van der Waals surface area contributed by atoms with Gasteiger partial charge >= 0.3 is 0 Å². The third kappa shape index (κ3) is 5.26. The van der Waals surface area contributed by atoms with Crippen molar-refractivity contribution in [1.29, 1.82) is 0 Å². The number of carbonyl (C=O) groups is 1. The Labute approximate surface area is 174 Å². The first-order chi connectivity index (χ1) is 12.9. The Bertz CT molecular complexity index is 754. The standard InChI is InChI=1S/C20H31N3O3S.ClH/c1-16(21)17-9-13-22(14-10-17)20(24)18-7-6-8-19(15-18)27(25,26)23-11-4-2-3-5-12-23;/h6-8,15-17H,2-5,9-14,21H2,1H3;1H. The Balaban J connectivity index is 0.00000280. The highest BCUT2D eigenvalue weighted by molar-refractivity contribution is 7.89. The summed E-state index contributed by atoms with van der Waals surface area (Å²) in [6.45, 7) is 4.48. The maximum absolute atomic E-state index is 13.0. The molecule has 1 aromatic rings. The molecule has 0 spiro atoms. The van der Waals surface area contributed by atoms with Crippen LogP contribution in [0, 0.1) is 5.92 Å². The molecule has 1 atom stereocenters. The number of benzene rings is 1. The number of hydrogen-bond acceptors (Lipinski definition) is 4. The highest BCUT2D eigenvalue weighted by Crippen LogP contribution is 2.24. The SMILES string of the molecule is CC(N)C1CCN(C(=O)c2cccc(S(=O)(=O)N3CCCCCC3)c2)CC1.Cl. The van der Waals surface area contributed by atoms with Gasteiger partial charge in [0, 0.05) is 37.8 Å². The fraction of sp³-hybridized carbons (Fsp3) is 0.650. The normalized spacial score (nSPS) is 20.9. The molecule has 2 heterocycles. The van der Waals surface area contributed by atoms with Crippen molar-refractivity contribution in [3.63, 3.8) is 0 Å². The zero-order valence-electron chi connectivity index (χ0n) is 16.5. The molecule has 0 aliphatic carbocycles. The molecule has 2 aliphatic heterocycles. The van der Waals surface area contributed by atoms with Crippen molar-refractivity contribution < 1.29 is 13.2 Å². The van der Waals surface area contributed by atoms with Gasteiger partial charge in [0.15, 0.2) is 0 Å². The summed E-state index contributed by atoms with van der Waals surface area (Å²) < 4.78 is 27.6. The zero-order valence-corrected chi connectivity index (χ0v) is 18.2. The molecule has 158 valence electrons. The molecule has 6 nitrogen and oxygen atoms in total. The van der Waals surface area contributed by atoms with Crippen LogP contribution in [0.3, 0.4) is 0 Å². The van der Waals surface area contributed by atoms with Crippen molar-refractivity contribution in [3.8, 4) is 0 Å². The maximum atomic E-state index is 13.0. The highest BCUT2D eigenvalue weighted by Gasteiger charge is 2.28. The summed E-state index contributed by atoms with van der Waals surface area (Å²) in [5.41, 5.74) is 6.42. The number of nitrogens with two attached hydrogens (primary N) is 1. The molecule has 0 aromatic heterocycles. The fourth-order valence-corrected chi connectivity index (χ4v) is 5.60. The molecule has 2 aliphatic rings. The lowest BCUT2D eigenvalue weighted by Gasteiger charge is -2.33. The number of amides is 1. The van der Waals surface area contributed by atoms with Crippen LogP contribution in [-0.2, 0) is 10.0 Å². The van der Waals surface area contributed by atoms with Crippen LogP contribution in [0.15, 0.2) is 29.2 Å². The number of sulfonamides is 1. The molecular weight excluding hydrogens is 398 g/mol. The Morgan fingerprint density at radius 1 is 1.07 bits per heavy atom. The summed E-state index contributed by atoms with van der Waals surface area (Å²) in [5.74, 6) is 0.356. The first kappa shape index (κ1) is 23.1. The second kappa shape index (κ2) is 10.1. The summed E-state index contributed by atoms with van der Waals surface area (Å²) in [6.07, 6.45) is 5.73. The lowest BCUT2D eigenvalue weighted by atomic mass is 9.90. The van der Waals surface area contributed by atoms with Crippen LogP contribution in [0.25, 0.3) is 0 Å². The van der Waals surface area contributed by atoms with Crippen LogP contribution in [0.1, 0.15) is 55.8 Å². The van der Waals surface area contributed by atoms with Gasteiger partial charge in [0.2, 0.25) is 10.0 Å². The molecule has 0 saturated carbocycles. The number of halogens is 1. The number of piperidine rings is 1. The number of nitrogens with zero attached hydrogens (tertiary/aromatic N) is 2. The summed E-state index contributed by atoms with van der Waals surface area (Å²) in [7, 11) is -3.55. The lowest BCUT2D eigenvalue weighted by molar-refractivity contribution is 0.0680. The van der Waals surface area contributed by atoms with E-state index in [2.05, 4.69) is 0 Å². The van der Waals surface area contributed by atoms with E-state index in [1.807, 2.05) is 11.8 Å². The second-order valence-corrected chi connectivity index (χ2v) is 9.77. The third-order valence-corrected chi connectivity index (χ3v) is 7.75. The molecule has 28 heavy (non-hydrogen) atoms. The van der Waals surface area contributed by atoms with Gasteiger partial charge in [0.05, 0.1) is 4.90 Å². The molecule has 8 heteroatoms. The van der Waals surface area contributed by atoms with Gasteiger partial charge in [-0.2, -0.15) is 4.31 Å². The van der Waals surface area contributed by atoms with E-state index in [-0.39, 0.29) is 29.3 Å². The van der Waals surface area contributed by atoms with Crippen molar-refractivity contribution >= 4 is 28.3 Å². The largest absolute Gasteiger partial charge is 0.339 e. The Hall–Kier alpha value is -1.15. The van der Waals surface area contributed by atoms with Gasteiger partial charge in [-0.1, -0.05) is 18.9 Å². The minimum Gasteiger partial charge on any atom is -0.339 e. The minimum absolute atomic E-state index is 0. The molecule has 1 unspecified atom stereocenters. The van der Waals surface area contributed by atoms with E-state index in [4.69, 9.17) is 5.73 Å². The van der Waals surface area contributed by atoms with E-state index in [0.29, 0.717) is 37.7 Å². The predicted molar refractivity (Wildman–Crippen MR) is 113 cm³/mol. The molecule has 1 amide bonds. The first-order valence-electron chi connectivity index (χ1n) is 10.0. The fourth-order valence-electron chi connectivity index (χ4n) is 4.03. The van der Waals surface area contributed by atoms with E-state index in [9.17, 15) is 13.2 Å². The predicted octanol–water partition coefficient (Wildman–Crippen LogP) is 2.87. The monoisotopic (exact) mass is 429 g/mol. The summed E-state index contributed by atoms with van der Waals surface area (Å²) >= 11 is 0. The third-order valence-electron chi connectivity index (χ3n) is 5.85. The Morgan fingerprint density at radius 2 is 1.68 bits per heavy atom. The minimum atomic E-state index is -3.55. The van der Waals surface area contributed by atoms with Gasteiger partial charge in [-0.25, -0.2) is 8.42 Å². The Kier molecular flexibility index (Phi) is 8.30. The number of hydrogen-bond donors (Lipinski definition) is 1. The van der Waals surface area contributed by atoms with Crippen molar-refractivity contribution in [3.05, 3.63) is 29.8 Å². The Morgan fingerprint density at radius 3 is 2.25 bits per heavy atom. The molecular formula is C20H32ClN3O3S. The van der Waals surface area contributed by atoms with E-state index >= 15 is 0 Å². The van der Waals surface area contributed by atoms with Gasteiger partial charge in [-0.05, 0) is 56.7 Å². The van der Waals surface area contributed by atoms with Gasteiger partial charge in [0.1, 0.15) is 0 Å². The lowest BCUT2D eigenvalue weighted by Crippen LogP contribution is -2.42. The highest BCUT2D eigenvalue weighted by atomic mass is 35.5. The number of rotatable bonds is 4. The van der Waals surface area contributed by atoms with Crippen LogP contribution in [-0.4, -0.2) is 55.8 Å². The topological polar surface area (TPSA) is 83.7 Å². The van der Waals surface area contributed by atoms with Gasteiger partial charge < -0.3 is 10.6 Å². The van der Waals surface area contributed by atoms with Crippen LogP contribution in [0.4, 0.5) is 0 Å². The van der Waals surface area contributed by atoms with Gasteiger partial charge in [-0.3, -0.25) is 4.79 Å². The number of likely N-dealkylation sites (tertiary alicyclic amines) is 1. The zero-order chi connectivity index (χ0) is 19.4. The summed E-state index contributed by atoms with van der Waals surface area (Å²) in [5, 5.41) is 0. The molecule has 2 N–H and O–H groups in total. The van der Waals surface area contributed by atoms with Crippen LogP contribution < -0.4 is 5.73 Å². The van der Waals surface area contributed by atoms with Crippen LogP contribution in [0.5, 0.6) is 0 Å². The van der Waals surface area contributed by atoms with Crippen LogP contribution >= 0.6 is 12.4 Å². The molecule has 2 fully saturated rings. The van der Waals surface area contributed by atoms with Crippen molar-refractivity contribution in [1.82, 2.24) is 9.21 Å². The van der Waals surface area contributed by atoms with Crippen molar-refractivity contribution in [2.75, 3.05) is 26.2 Å². The first-order valence-corrected chi connectivity index (χ1v) is 11.5. The number of carbonyl (C=O) groups excluding carboxylic acids is 1. The van der Waals surface area contributed by atoms with Crippen LogP contribution in [0.2, 0.25) is 0 Å². The molecule has 0 bridgehead atoms. The second-order valence-electron chi connectivity index (χ2n) is 7.83. The van der Waals surface area contributed by atoms with E-state index < -0.39 is 10.0 Å². The summed E-state index contributed by atoms with van der Waals surface area (Å²) in [4.78, 5) is 14.9. The van der Waals surface area contributed by atoms with E-state index in [0.717, 1.165) is 38.5 Å². The van der Waals surface area contributed by atoms with Gasteiger partial charge in [0.25, 0.3) is 5.91 Å². The van der Waals surface area contributed by atoms with E-state index in [1.54, 1.807) is 28.6 Å². The smallest absolute Gasteiger partial charge is 0.253 e. The summed E-state index contributed by atoms with van der Waals surface area (Å²) in [6, 6.07) is 6.66. The maximum Gasteiger partial charge on any atom is 0.253 e. The average molecular weight is 430 g/mol. The molecule has 0 radical (unpaired) electrons.